The van der Waals surface area contributed by atoms with Gasteiger partial charge in [0, 0.05) is 25.0 Å². The topological polar surface area (TPSA) is 327 Å². The van der Waals surface area contributed by atoms with Crippen LogP contribution < -0.4 is 48.7 Å². The number of nitrogens with two attached hydrogens (primary N) is 2. The highest BCUT2D eigenvalue weighted by Crippen LogP contribution is 2.07. The van der Waals surface area contributed by atoms with Crippen molar-refractivity contribution >= 4 is 59.1 Å². The van der Waals surface area contributed by atoms with E-state index in [0.717, 1.165) is 6.08 Å². The van der Waals surface area contributed by atoms with E-state index < -0.39 is 108 Å². The van der Waals surface area contributed by atoms with Crippen LogP contribution in [0, 0.1) is 5.92 Å². The van der Waals surface area contributed by atoms with Gasteiger partial charge in [-0.1, -0.05) is 74.5 Å². The molecule has 0 aliphatic rings. The number of primary amides is 2. The van der Waals surface area contributed by atoms with Gasteiger partial charge in [-0.3, -0.25) is 43.2 Å². The first-order valence-electron chi connectivity index (χ1n) is 18.4. The van der Waals surface area contributed by atoms with Crippen LogP contribution in [0.2, 0.25) is 0 Å². The fourth-order valence-electron chi connectivity index (χ4n) is 5.28. The highest BCUT2D eigenvalue weighted by atomic mass is 16.4. The molecule has 6 atom stereocenters. The Morgan fingerprint density at radius 3 is 1.56 bits per heavy atom. The van der Waals surface area contributed by atoms with Gasteiger partial charge in [0.15, 0.2) is 0 Å². The summed E-state index contributed by atoms with van der Waals surface area (Å²) in [5.74, 6) is -9.54. The molecule has 0 aliphatic heterocycles. The zero-order valence-electron chi connectivity index (χ0n) is 33.0. The number of carboxylic acid groups (broad SMARTS) is 1. The van der Waals surface area contributed by atoms with Gasteiger partial charge in [-0.05, 0) is 30.9 Å². The molecule has 0 radical (unpaired) electrons. The Labute approximate surface area is 340 Å². The highest BCUT2D eigenvalue weighted by molar-refractivity contribution is 6.01. The summed E-state index contributed by atoms with van der Waals surface area (Å²) in [5, 5.41) is 26.0. The lowest BCUT2D eigenvalue weighted by Gasteiger charge is -2.25. The van der Waals surface area contributed by atoms with Crippen LogP contribution in [0.1, 0.15) is 45.2 Å². The van der Waals surface area contributed by atoms with Crippen LogP contribution in [-0.2, 0) is 60.8 Å². The van der Waals surface area contributed by atoms with E-state index in [4.69, 9.17) is 11.5 Å². The van der Waals surface area contributed by atoms with Crippen molar-refractivity contribution in [1.82, 2.24) is 37.2 Å². The van der Waals surface area contributed by atoms with Crippen molar-refractivity contribution in [3.05, 3.63) is 83.9 Å². The Morgan fingerprint density at radius 1 is 0.576 bits per heavy atom. The Bertz CT molecular complexity index is 1870. The zero-order valence-corrected chi connectivity index (χ0v) is 33.0. The molecule has 2 aromatic carbocycles. The van der Waals surface area contributed by atoms with Crippen LogP contribution in [0.15, 0.2) is 72.8 Å². The van der Waals surface area contributed by atoms with Crippen LogP contribution in [-0.4, -0.2) is 107 Å². The molecule has 0 saturated carbocycles. The first-order valence-corrected chi connectivity index (χ1v) is 18.4. The second kappa shape index (κ2) is 23.8. The predicted molar refractivity (Wildman–Crippen MR) is 211 cm³/mol. The van der Waals surface area contributed by atoms with Crippen molar-refractivity contribution in [3.8, 4) is 0 Å². The maximum atomic E-state index is 13.4. The monoisotopic (exact) mass is 821 g/mol. The summed E-state index contributed by atoms with van der Waals surface area (Å²) < 4.78 is 0. The number of nitrogens with one attached hydrogen (secondary N) is 7. The minimum absolute atomic E-state index is 0.00356. The molecule has 2 rings (SSSR count). The van der Waals surface area contributed by atoms with Crippen molar-refractivity contribution < 1.29 is 53.1 Å². The summed E-state index contributed by atoms with van der Waals surface area (Å²) >= 11 is 0. The van der Waals surface area contributed by atoms with E-state index in [2.05, 4.69) is 37.2 Å². The van der Waals surface area contributed by atoms with Gasteiger partial charge in [0.05, 0.1) is 13.0 Å². The number of amides is 9. The highest BCUT2D eigenvalue weighted by Gasteiger charge is 2.31. The number of carbonyl (C=O) groups excluding carboxylic acids is 9. The van der Waals surface area contributed by atoms with Gasteiger partial charge in [-0.25, -0.2) is 4.79 Å². The van der Waals surface area contributed by atoms with E-state index in [1.165, 1.54) is 13.8 Å². The maximum Gasteiger partial charge on any atom is 0.326 e. The molecule has 20 heteroatoms. The molecule has 0 saturated heterocycles. The van der Waals surface area contributed by atoms with Gasteiger partial charge in [-0.2, -0.15) is 0 Å². The third-order valence-corrected chi connectivity index (χ3v) is 8.45. The second-order valence-electron chi connectivity index (χ2n) is 13.8. The summed E-state index contributed by atoms with van der Waals surface area (Å²) in [6.07, 6.45) is 0.631. The molecule has 20 nitrogen and oxygen atoms in total. The minimum Gasteiger partial charge on any atom is -0.480 e. The zero-order chi connectivity index (χ0) is 44.2. The van der Waals surface area contributed by atoms with Crippen LogP contribution >= 0.6 is 0 Å². The summed E-state index contributed by atoms with van der Waals surface area (Å²) in [6, 6.07) is 9.36. The Balaban J connectivity index is 2.03. The third-order valence-electron chi connectivity index (χ3n) is 8.45. The molecule has 12 N–H and O–H groups in total. The van der Waals surface area contributed by atoms with Crippen LogP contribution in [0.4, 0.5) is 0 Å². The number of hydrogen-bond donors (Lipinski definition) is 10. The van der Waals surface area contributed by atoms with E-state index in [0.29, 0.717) is 17.2 Å². The van der Waals surface area contributed by atoms with Crippen LogP contribution in [0.3, 0.4) is 0 Å². The van der Waals surface area contributed by atoms with E-state index in [-0.39, 0.29) is 18.8 Å². The predicted octanol–water partition coefficient (Wildman–Crippen LogP) is -2.81. The summed E-state index contributed by atoms with van der Waals surface area (Å²) in [5.41, 5.74) is 12.0. The summed E-state index contributed by atoms with van der Waals surface area (Å²) in [6.45, 7) is 5.36. The molecule has 0 aromatic heterocycles. The fraction of sp³-hybridized carbons (Fsp3) is 0.385. The lowest BCUT2D eigenvalue weighted by atomic mass is 10.0. The molecule has 2 aromatic rings. The third kappa shape index (κ3) is 17.7. The molecule has 0 unspecified atom stereocenters. The van der Waals surface area contributed by atoms with E-state index >= 15 is 0 Å². The summed E-state index contributed by atoms with van der Waals surface area (Å²) in [7, 11) is 0. The molecule has 318 valence electrons. The first kappa shape index (κ1) is 48.0. The van der Waals surface area contributed by atoms with Gasteiger partial charge in [0.1, 0.15) is 36.3 Å². The van der Waals surface area contributed by atoms with E-state index in [9.17, 15) is 53.1 Å². The minimum atomic E-state index is -1.63. The Morgan fingerprint density at radius 2 is 1.07 bits per heavy atom. The number of aliphatic carboxylic acids is 1. The molecule has 0 spiro atoms. The molecule has 0 heterocycles. The van der Waals surface area contributed by atoms with E-state index in [1.54, 1.807) is 74.5 Å². The average molecular weight is 822 g/mol. The smallest absolute Gasteiger partial charge is 0.326 e. The van der Waals surface area contributed by atoms with Crippen molar-refractivity contribution in [2.45, 2.75) is 83.2 Å². The molecule has 0 fully saturated rings. The standard InChI is InChI=1S/C39H51N9O11/c1-21(2)33(34(41)53)48-36(55)23(4)44-37(56)26(17-24-11-7-5-8-12-24)47-38(57)27(19-29(40)49)45-31(51)16-15-30(50)43-22(3)35(54)42-20-32(52)46-28(39(58)59)18-25-13-9-6-10-14-25/h5-16,21-23,26-28,33H,17-20H2,1-4H3,(H2,40,49)(H2,41,53)(H,42,54)(H,43,50)(H,44,56)(H,45,51)(H,46,52)(H,47,57)(H,48,55)(H,58,59)/b16-15+/t22-,23-,26-,27-,28-,33-/m0/s1. The largest absolute Gasteiger partial charge is 0.480 e. The normalized spacial score (nSPS) is 13.9. The van der Waals surface area contributed by atoms with Gasteiger partial charge in [-0.15, -0.1) is 0 Å². The lowest BCUT2D eigenvalue weighted by Crippen LogP contribution is -2.58. The number of carboxylic acids is 1. The van der Waals surface area contributed by atoms with Gasteiger partial charge < -0.3 is 53.8 Å². The SMILES string of the molecule is CC(C)[C@H](NC(=O)[C@H](C)NC(=O)[C@H](Cc1ccccc1)NC(=O)[C@H](CC(N)=O)NC(=O)/C=C/C(=O)N[C@@H](C)C(=O)NCC(=O)N[C@@H](Cc1ccccc1)C(=O)O)C(N)=O. The molecular formula is C39H51N9O11. The van der Waals surface area contributed by atoms with Crippen molar-refractivity contribution in [2.75, 3.05) is 6.54 Å². The number of benzene rings is 2. The van der Waals surface area contributed by atoms with Gasteiger partial charge >= 0.3 is 5.97 Å². The quantitative estimate of drug-likeness (QED) is 0.0511. The van der Waals surface area contributed by atoms with Crippen molar-refractivity contribution in [3.63, 3.8) is 0 Å². The number of carbonyl (C=O) groups is 10. The van der Waals surface area contributed by atoms with Crippen molar-refractivity contribution in [2.24, 2.45) is 17.4 Å². The second-order valence-corrected chi connectivity index (χ2v) is 13.8. The van der Waals surface area contributed by atoms with Gasteiger partial charge in [0.25, 0.3) is 0 Å². The lowest BCUT2D eigenvalue weighted by molar-refractivity contribution is -0.141. The van der Waals surface area contributed by atoms with Crippen LogP contribution in [0.5, 0.6) is 0 Å². The first-order chi connectivity index (χ1) is 27.8. The molecule has 0 bridgehead atoms. The number of hydrogen-bond acceptors (Lipinski definition) is 10. The average Bonchev–Trinajstić information content (AvgIpc) is 3.17. The Hall–Kier alpha value is -7.12. The molecule has 0 aliphatic carbocycles. The molecule has 9 amide bonds. The van der Waals surface area contributed by atoms with E-state index in [1.807, 2.05) is 0 Å². The summed E-state index contributed by atoms with van der Waals surface area (Å²) in [4.78, 5) is 125. The molecule has 59 heavy (non-hydrogen) atoms. The Kier molecular flexibility index (Phi) is 19.4. The van der Waals surface area contributed by atoms with Crippen molar-refractivity contribution in [1.29, 1.82) is 0 Å². The number of rotatable bonds is 23. The van der Waals surface area contributed by atoms with Crippen LogP contribution in [0.25, 0.3) is 0 Å². The fourth-order valence-corrected chi connectivity index (χ4v) is 5.28. The van der Waals surface area contributed by atoms with Gasteiger partial charge in [0.2, 0.25) is 53.2 Å². The maximum absolute atomic E-state index is 13.4. The molecular weight excluding hydrogens is 770 g/mol.